The highest BCUT2D eigenvalue weighted by Crippen LogP contribution is 2.33. The first-order valence-electron chi connectivity index (χ1n) is 9.08. The number of hydrogen-bond donors (Lipinski definition) is 1. The van der Waals surface area contributed by atoms with Gasteiger partial charge in [0.25, 0.3) is 0 Å². The molecule has 0 aliphatic carbocycles. The maximum atomic E-state index is 12.8. The molecule has 0 saturated carbocycles. The minimum atomic E-state index is -0.327. The third-order valence-electron chi connectivity index (χ3n) is 3.80. The molecule has 0 spiro atoms. The Labute approximate surface area is 173 Å². The highest BCUT2D eigenvalue weighted by molar-refractivity contribution is 8.00. The van der Waals surface area contributed by atoms with Crippen molar-refractivity contribution in [2.45, 2.75) is 47.5 Å². The van der Waals surface area contributed by atoms with Crippen molar-refractivity contribution in [2.24, 2.45) is 5.92 Å². The predicted molar refractivity (Wildman–Crippen MR) is 114 cm³/mol. The number of anilines is 1. The van der Waals surface area contributed by atoms with Gasteiger partial charge in [0, 0.05) is 16.3 Å². The van der Waals surface area contributed by atoms with E-state index in [0.717, 1.165) is 22.0 Å². The minimum Gasteiger partial charge on any atom is -0.324 e. The van der Waals surface area contributed by atoms with Crippen molar-refractivity contribution in [3.63, 3.8) is 0 Å². The summed E-state index contributed by atoms with van der Waals surface area (Å²) in [5.41, 5.74) is 0.801. The van der Waals surface area contributed by atoms with E-state index < -0.39 is 0 Å². The summed E-state index contributed by atoms with van der Waals surface area (Å²) < 4.78 is 1.75. The third-order valence-corrected chi connectivity index (χ3v) is 5.96. The van der Waals surface area contributed by atoms with Gasteiger partial charge < -0.3 is 5.32 Å². The Bertz CT molecular complexity index is 914. The second-order valence-electron chi connectivity index (χ2n) is 6.70. The predicted octanol–water partition coefficient (Wildman–Crippen LogP) is 4.60. The van der Waals surface area contributed by atoms with Crippen LogP contribution in [0.2, 0.25) is 0 Å². The smallest absolute Gasteiger partial charge is 0.237 e. The van der Waals surface area contributed by atoms with Crippen LogP contribution in [0, 0.1) is 5.92 Å². The number of benzene rings is 2. The molecule has 0 unspecified atom stereocenters. The molecule has 1 amide bonds. The summed E-state index contributed by atoms with van der Waals surface area (Å²) in [5, 5.41) is 15.2. The quantitative estimate of drug-likeness (QED) is 0.544. The number of hydrogen-bond acceptors (Lipinski definition) is 6. The number of nitrogens with one attached hydrogen (secondary N) is 1. The van der Waals surface area contributed by atoms with Gasteiger partial charge >= 0.3 is 0 Å². The summed E-state index contributed by atoms with van der Waals surface area (Å²) in [7, 11) is 0. The summed E-state index contributed by atoms with van der Waals surface area (Å²) in [5.74, 6) is 0.346. The Morgan fingerprint density at radius 3 is 2.54 bits per heavy atom. The lowest BCUT2D eigenvalue weighted by Crippen LogP contribution is -2.23. The largest absolute Gasteiger partial charge is 0.324 e. The lowest BCUT2D eigenvalue weighted by molar-refractivity contribution is -0.115. The maximum absolute atomic E-state index is 12.8. The van der Waals surface area contributed by atoms with Gasteiger partial charge in [0.15, 0.2) is 0 Å². The second kappa shape index (κ2) is 9.75. The molecular formula is C20H23N5OS2. The van der Waals surface area contributed by atoms with Crippen molar-refractivity contribution in [3.05, 3.63) is 54.6 Å². The van der Waals surface area contributed by atoms with Crippen molar-refractivity contribution < 1.29 is 4.79 Å². The van der Waals surface area contributed by atoms with Gasteiger partial charge in [-0.05, 0) is 47.5 Å². The minimum absolute atomic E-state index is 0.0785. The van der Waals surface area contributed by atoms with Crippen molar-refractivity contribution in [1.29, 1.82) is 0 Å². The molecule has 6 nitrogen and oxygen atoms in total. The molecule has 1 heterocycles. The maximum Gasteiger partial charge on any atom is 0.237 e. The molecule has 28 heavy (non-hydrogen) atoms. The Balaban J connectivity index is 1.67. The summed E-state index contributed by atoms with van der Waals surface area (Å²) in [6.45, 7) is 6.79. The van der Waals surface area contributed by atoms with Crippen LogP contribution < -0.4 is 5.32 Å². The number of nitrogens with zero attached hydrogens (tertiary/aromatic N) is 4. The van der Waals surface area contributed by atoms with Gasteiger partial charge in [-0.1, -0.05) is 67.7 Å². The fourth-order valence-corrected chi connectivity index (χ4v) is 4.18. The Morgan fingerprint density at radius 2 is 1.79 bits per heavy atom. The number of carbonyl (C=O) groups excluding carboxylic acids is 1. The van der Waals surface area contributed by atoms with Gasteiger partial charge in [-0.3, -0.25) is 4.79 Å². The summed E-state index contributed by atoms with van der Waals surface area (Å²) in [6, 6.07) is 17.9. The number of aromatic nitrogens is 4. The average Bonchev–Trinajstić information content (AvgIpc) is 3.10. The van der Waals surface area contributed by atoms with Gasteiger partial charge in [-0.25, -0.2) is 4.68 Å². The number of rotatable bonds is 8. The van der Waals surface area contributed by atoms with Crippen molar-refractivity contribution in [2.75, 3.05) is 5.32 Å². The SMILES string of the molecule is CC(C)Cn1nnnc1S[C@H](C)C(=O)Nc1ccccc1Sc1ccccc1. The molecule has 3 aromatic rings. The van der Waals surface area contributed by atoms with Crippen LogP contribution in [0.1, 0.15) is 20.8 Å². The van der Waals surface area contributed by atoms with E-state index in [4.69, 9.17) is 0 Å². The molecule has 0 radical (unpaired) electrons. The first kappa shape index (κ1) is 20.4. The molecule has 3 rings (SSSR count). The molecule has 1 aromatic heterocycles. The molecule has 0 fully saturated rings. The number of amides is 1. The zero-order valence-corrected chi connectivity index (χ0v) is 17.7. The first-order valence-corrected chi connectivity index (χ1v) is 10.8. The van der Waals surface area contributed by atoms with E-state index in [0.29, 0.717) is 11.1 Å². The van der Waals surface area contributed by atoms with Crippen LogP contribution in [0.3, 0.4) is 0 Å². The van der Waals surface area contributed by atoms with Gasteiger partial charge in [0.2, 0.25) is 11.1 Å². The van der Waals surface area contributed by atoms with Gasteiger partial charge in [0.1, 0.15) is 0 Å². The molecule has 0 bridgehead atoms. The zero-order chi connectivity index (χ0) is 19.9. The summed E-state index contributed by atoms with van der Waals surface area (Å²) >= 11 is 2.99. The number of thioether (sulfide) groups is 1. The molecule has 0 saturated heterocycles. The molecule has 0 aliphatic rings. The average molecular weight is 414 g/mol. The summed E-state index contributed by atoms with van der Waals surface area (Å²) in [6.07, 6.45) is 0. The normalized spacial score (nSPS) is 12.1. The first-order chi connectivity index (χ1) is 13.5. The summed E-state index contributed by atoms with van der Waals surface area (Å²) in [4.78, 5) is 14.9. The highest BCUT2D eigenvalue weighted by atomic mass is 32.2. The van der Waals surface area contributed by atoms with Crippen LogP contribution in [-0.2, 0) is 11.3 Å². The Kier molecular flexibility index (Phi) is 7.11. The van der Waals surface area contributed by atoms with E-state index in [1.54, 1.807) is 16.4 Å². The third kappa shape index (κ3) is 5.59. The fraction of sp³-hybridized carbons (Fsp3) is 0.300. The van der Waals surface area contributed by atoms with Crippen LogP contribution in [0.25, 0.3) is 0 Å². The molecule has 1 atom stereocenters. The Hall–Kier alpha value is -2.32. The molecule has 8 heteroatoms. The lowest BCUT2D eigenvalue weighted by atomic mass is 10.2. The molecule has 0 aliphatic heterocycles. The Morgan fingerprint density at radius 1 is 1.07 bits per heavy atom. The molecule has 146 valence electrons. The molecule has 2 aromatic carbocycles. The van der Waals surface area contributed by atoms with Crippen molar-refractivity contribution in [1.82, 2.24) is 20.2 Å². The van der Waals surface area contributed by atoms with Crippen LogP contribution in [0.15, 0.2) is 69.5 Å². The lowest BCUT2D eigenvalue weighted by Gasteiger charge is -2.14. The van der Waals surface area contributed by atoms with E-state index in [9.17, 15) is 4.79 Å². The number of para-hydroxylation sites is 1. The van der Waals surface area contributed by atoms with E-state index in [2.05, 4.69) is 46.8 Å². The zero-order valence-electron chi connectivity index (χ0n) is 16.1. The number of carbonyl (C=O) groups is 1. The van der Waals surface area contributed by atoms with E-state index >= 15 is 0 Å². The second-order valence-corrected chi connectivity index (χ2v) is 9.12. The van der Waals surface area contributed by atoms with Gasteiger partial charge in [-0.2, -0.15) is 0 Å². The highest BCUT2D eigenvalue weighted by Gasteiger charge is 2.20. The van der Waals surface area contributed by atoms with E-state index in [1.807, 2.05) is 49.4 Å². The topological polar surface area (TPSA) is 72.7 Å². The van der Waals surface area contributed by atoms with Crippen LogP contribution in [0.4, 0.5) is 5.69 Å². The monoisotopic (exact) mass is 413 g/mol. The van der Waals surface area contributed by atoms with Crippen LogP contribution in [-0.4, -0.2) is 31.4 Å². The van der Waals surface area contributed by atoms with Gasteiger partial charge in [0.05, 0.1) is 10.9 Å². The number of tetrazole rings is 1. The fourth-order valence-electron chi connectivity index (χ4n) is 2.46. The molecule has 1 N–H and O–H groups in total. The van der Waals surface area contributed by atoms with Crippen molar-refractivity contribution in [3.8, 4) is 0 Å². The van der Waals surface area contributed by atoms with E-state index in [-0.39, 0.29) is 11.2 Å². The van der Waals surface area contributed by atoms with Crippen LogP contribution >= 0.6 is 23.5 Å². The standard InChI is InChI=1S/C20H23N5OS2/c1-14(2)13-25-20(22-23-24-25)27-15(3)19(26)21-17-11-7-8-12-18(17)28-16-9-5-4-6-10-16/h4-12,14-15H,13H2,1-3H3,(H,21,26)/t15-/m1/s1. The van der Waals surface area contributed by atoms with E-state index in [1.165, 1.54) is 11.8 Å². The van der Waals surface area contributed by atoms with Gasteiger partial charge in [-0.15, -0.1) is 5.10 Å². The van der Waals surface area contributed by atoms with Crippen LogP contribution in [0.5, 0.6) is 0 Å². The molecular weight excluding hydrogens is 390 g/mol. The van der Waals surface area contributed by atoms with Crippen molar-refractivity contribution >= 4 is 35.1 Å².